The Morgan fingerprint density at radius 2 is 1.80 bits per heavy atom. The zero-order valence-electron chi connectivity index (χ0n) is 10.4. The third kappa shape index (κ3) is 3.23. The predicted molar refractivity (Wildman–Crippen MR) is 74.6 cm³/mol. The Bertz CT molecular complexity index is 582. The first kappa shape index (κ1) is 14.2. The molecule has 0 radical (unpaired) electrons. The van der Waals surface area contributed by atoms with E-state index in [9.17, 15) is 14.7 Å². The van der Waals surface area contributed by atoms with Gasteiger partial charge in [0.15, 0.2) is 6.10 Å². The van der Waals surface area contributed by atoms with Crippen LogP contribution in [0.15, 0.2) is 47.8 Å². The van der Waals surface area contributed by atoms with Gasteiger partial charge in [-0.05, 0) is 17.0 Å². The minimum absolute atomic E-state index is 0.408. The average molecular weight is 291 g/mol. The van der Waals surface area contributed by atoms with E-state index < -0.39 is 24.0 Å². The van der Waals surface area contributed by atoms with Crippen molar-refractivity contribution >= 4 is 23.2 Å². The van der Waals surface area contributed by atoms with Crippen LogP contribution in [0, 0.1) is 0 Å². The van der Waals surface area contributed by atoms with Gasteiger partial charge in [-0.25, -0.2) is 4.79 Å². The first-order chi connectivity index (χ1) is 9.59. The molecule has 0 spiro atoms. The van der Waals surface area contributed by atoms with Crippen LogP contribution in [0.5, 0.6) is 0 Å². The van der Waals surface area contributed by atoms with Gasteiger partial charge >= 0.3 is 5.97 Å². The number of thiophene rings is 1. The first-order valence-electron chi connectivity index (χ1n) is 5.90. The molecule has 0 unspecified atom stereocenters. The van der Waals surface area contributed by atoms with E-state index in [0.29, 0.717) is 10.4 Å². The first-order valence-corrected chi connectivity index (χ1v) is 6.77. The van der Waals surface area contributed by atoms with Crippen molar-refractivity contribution in [2.75, 3.05) is 0 Å². The SMILES string of the molecule is O=C(N[C@@H](c1ccccc1)[C@H](O)C(=O)O)c1cccs1. The Kier molecular flexibility index (Phi) is 4.49. The number of rotatable bonds is 5. The number of carboxylic acid groups (broad SMARTS) is 1. The number of hydrogen-bond donors (Lipinski definition) is 3. The molecule has 0 saturated heterocycles. The number of amides is 1. The number of carbonyl (C=O) groups excluding carboxylic acids is 1. The van der Waals surface area contributed by atoms with Gasteiger partial charge in [0.1, 0.15) is 0 Å². The molecule has 1 amide bonds. The number of hydrogen-bond acceptors (Lipinski definition) is 4. The molecule has 0 saturated carbocycles. The normalized spacial score (nSPS) is 13.4. The fraction of sp³-hybridized carbons (Fsp3) is 0.143. The minimum atomic E-state index is -1.71. The number of nitrogens with one attached hydrogen (secondary N) is 1. The van der Waals surface area contributed by atoms with E-state index in [0.717, 1.165) is 0 Å². The monoisotopic (exact) mass is 291 g/mol. The van der Waals surface area contributed by atoms with Crippen LogP contribution in [-0.2, 0) is 4.79 Å². The molecule has 2 atom stereocenters. The van der Waals surface area contributed by atoms with Crippen LogP contribution >= 0.6 is 11.3 Å². The third-order valence-corrected chi connectivity index (χ3v) is 3.63. The molecule has 6 heteroatoms. The summed E-state index contributed by atoms with van der Waals surface area (Å²) >= 11 is 1.25. The lowest BCUT2D eigenvalue weighted by molar-refractivity contribution is -0.148. The van der Waals surface area contributed by atoms with Gasteiger partial charge in [0, 0.05) is 0 Å². The van der Waals surface area contributed by atoms with Crippen molar-refractivity contribution in [3.05, 3.63) is 58.3 Å². The van der Waals surface area contributed by atoms with Crippen LogP contribution in [0.1, 0.15) is 21.3 Å². The summed E-state index contributed by atoms with van der Waals surface area (Å²) in [6.45, 7) is 0. The summed E-state index contributed by atoms with van der Waals surface area (Å²) in [5, 5.41) is 23.0. The Labute approximate surface area is 119 Å². The molecule has 0 bridgehead atoms. The van der Waals surface area contributed by atoms with Crippen LogP contribution in [0.3, 0.4) is 0 Å². The summed E-state index contributed by atoms with van der Waals surface area (Å²) < 4.78 is 0. The van der Waals surface area contributed by atoms with Gasteiger partial charge in [0.05, 0.1) is 10.9 Å². The van der Waals surface area contributed by atoms with Gasteiger partial charge in [0.25, 0.3) is 5.91 Å². The van der Waals surface area contributed by atoms with Crippen LogP contribution in [0.25, 0.3) is 0 Å². The summed E-state index contributed by atoms with van der Waals surface area (Å²) in [4.78, 5) is 23.5. The topological polar surface area (TPSA) is 86.6 Å². The molecule has 20 heavy (non-hydrogen) atoms. The number of aliphatic carboxylic acids is 1. The van der Waals surface area contributed by atoms with Gasteiger partial charge in [-0.15, -0.1) is 11.3 Å². The van der Waals surface area contributed by atoms with Crippen LogP contribution < -0.4 is 5.32 Å². The zero-order valence-corrected chi connectivity index (χ0v) is 11.2. The lowest BCUT2D eigenvalue weighted by Crippen LogP contribution is -2.40. The highest BCUT2D eigenvalue weighted by atomic mass is 32.1. The standard InChI is InChI=1S/C14H13NO4S/c16-12(14(18)19)11(9-5-2-1-3-6-9)15-13(17)10-7-4-8-20-10/h1-8,11-12,16H,(H,15,17)(H,18,19)/t11-,12-/m0/s1. The molecular formula is C14H13NO4S. The highest BCUT2D eigenvalue weighted by Crippen LogP contribution is 2.19. The molecule has 2 rings (SSSR count). The molecule has 1 aromatic heterocycles. The molecule has 104 valence electrons. The predicted octanol–water partition coefficient (Wildman–Crippen LogP) is 1.66. The van der Waals surface area contributed by atoms with E-state index >= 15 is 0 Å². The minimum Gasteiger partial charge on any atom is -0.479 e. The van der Waals surface area contributed by atoms with E-state index in [1.165, 1.54) is 11.3 Å². The van der Waals surface area contributed by atoms with Crippen LogP contribution in [0.4, 0.5) is 0 Å². The number of aliphatic hydroxyl groups is 1. The maximum Gasteiger partial charge on any atom is 0.335 e. The Morgan fingerprint density at radius 1 is 1.10 bits per heavy atom. The van der Waals surface area contributed by atoms with Gasteiger partial charge < -0.3 is 15.5 Å². The third-order valence-electron chi connectivity index (χ3n) is 2.76. The smallest absolute Gasteiger partial charge is 0.335 e. The van der Waals surface area contributed by atoms with E-state index in [1.807, 2.05) is 0 Å². The van der Waals surface area contributed by atoms with Crippen LogP contribution in [-0.4, -0.2) is 28.2 Å². The number of carboxylic acids is 1. The highest BCUT2D eigenvalue weighted by Gasteiger charge is 2.29. The second-order valence-electron chi connectivity index (χ2n) is 4.12. The Morgan fingerprint density at radius 3 is 2.35 bits per heavy atom. The lowest BCUT2D eigenvalue weighted by atomic mass is 10.0. The maximum atomic E-state index is 12.0. The van der Waals surface area contributed by atoms with Gasteiger partial charge in [0.2, 0.25) is 0 Å². The van der Waals surface area contributed by atoms with Crippen molar-refractivity contribution in [1.82, 2.24) is 5.32 Å². The summed E-state index contributed by atoms with van der Waals surface area (Å²) in [7, 11) is 0. The molecule has 1 aromatic carbocycles. The molecule has 2 aromatic rings. The summed E-state index contributed by atoms with van der Waals surface area (Å²) in [6.07, 6.45) is -1.71. The fourth-order valence-corrected chi connectivity index (χ4v) is 2.39. The Hall–Kier alpha value is -2.18. The second kappa shape index (κ2) is 6.31. The van der Waals surface area contributed by atoms with Crippen molar-refractivity contribution in [2.45, 2.75) is 12.1 Å². The molecule has 1 heterocycles. The number of aliphatic hydroxyl groups excluding tert-OH is 1. The van der Waals surface area contributed by atoms with Crippen molar-refractivity contribution in [3.63, 3.8) is 0 Å². The average Bonchev–Trinajstić information content (AvgIpc) is 2.99. The molecule has 0 aliphatic rings. The molecule has 0 aliphatic carbocycles. The van der Waals surface area contributed by atoms with E-state index in [2.05, 4.69) is 5.32 Å². The highest BCUT2D eigenvalue weighted by molar-refractivity contribution is 7.12. The summed E-state index contributed by atoms with van der Waals surface area (Å²) in [5.41, 5.74) is 0.535. The van der Waals surface area contributed by atoms with Crippen LogP contribution in [0.2, 0.25) is 0 Å². The molecular weight excluding hydrogens is 278 g/mol. The molecule has 5 nitrogen and oxygen atoms in total. The quantitative estimate of drug-likeness (QED) is 0.782. The largest absolute Gasteiger partial charge is 0.479 e. The van der Waals surface area contributed by atoms with Crippen molar-refractivity contribution in [1.29, 1.82) is 0 Å². The van der Waals surface area contributed by atoms with Gasteiger partial charge in [-0.2, -0.15) is 0 Å². The van der Waals surface area contributed by atoms with Crippen molar-refractivity contribution in [3.8, 4) is 0 Å². The van der Waals surface area contributed by atoms with E-state index in [-0.39, 0.29) is 0 Å². The van der Waals surface area contributed by atoms with E-state index in [4.69, 9.17) is 5.11 Å². The summed E-state index contributed by atoms with van der Waals surface area (Å²) in [5.74, 6) is -1.79. The Balaban J connectivity index is 2.24. The van der Waals surface area contributed by atoms with Gasteiger partial charge in [-0.3, -0.25) is 4.79 Å². The number of carbonyl (C=O) groups is 2. The lowest BCUT2D eigenvalue weighted by Gasteiger charge is -2.21. The van der Waals surface area contributed by atoms with Gasteiger partial charge in [-0.1, -0.05) is 36.4 Å². The van der Waals surface area contributed by atoms with E-state index in [1.54, 1.807) is 47.8 Å². The fourth-order valence-electron chi connectivity index (χ4n) is 1.77. The van der Waals surface area contributed by atoms with Crippen molar-refractivity contribution in [2.24, 2.45) is 0 Å². The maximum absolute atomic E-state index is 12.0. The second-order valence-corrected chi connectivity index (χ2v) is 5.07. The number of benzene rings is 1. The molecule has 0 fully saturated rings. The molecule has 0 aliphatic heterocycles. The zero-order chi connectivity index (χ0) is 14.5. The van der Waals surface area contributed by atoms with Crippen molar-refractivity contribution < 1.29 is 19.8 Å². The molecule has 3 N–H and O–H groups in total. The summed E-state index contributed by atoms with van der Waals surface area (Å²) in [6, 6.07) is 10.9.